The van der Waals surface area contributed by atoms with E-state index in [2.05, 4.69) is 16.8 Å². The Morgan fingerprint density at radius 3 is 2.68 bits per heavy atom. The molecule has 3 rings (SSSR count). The second-order valence-electron chi connectivity index (χ2n) is 6.82. The molecule has 0 aliphatic carbocycles. The summed E-state index contributed by atoms with van der Waals surface area (Å²) < 4.78 is 5.88. The minimum Gasteiger partial charge on any atom is -0.460 e. The second-order valence-corrected chi connectivity index (χ2v) is 6.82. The summed E-state index contributed by atoms with van der Waals surface area (Å²) in [6.45, 7) is 9.07. The number of amides is 2. The molecule has 28 heavy (non-hydrogen) atoms. The van der Waals surface area contributed by atoms with Crippen LogP contribution in [0.4, 0.5) is 0 Å². The van der Waals surface area contributed by atoms with Gasteiger partial charge in [0.25, 0.3) is 0 Å². The predicted octanol–water partition coefficient (Wildman–Crippen LogP) is 2.45. The molecule has 2 aromatic rings. The zero-order valence-electron chi connectivity index (χ0n) is 16.3. The number of rotatable bonds is 7. The second kappa shape index (κ2) is 9.37. The fourth-order valence-electron chi connectivity index (χ4n) is 3.39. The summed E-state index contributed by atoms with van der Waals surface area (Å²) in [5, 5.41) is 3.80. The molecule has 0 radical (unpaired) electrons. The van der Waals surface area contributed by atoms with Crippen LogP contribution < -0.4 is 5.32 Å². The van der Waals surface area contributed by atoms with E-state index in [1.165, 1.54) is 0 Å². The van der Waals surface area contributed by atoms with E-state index in [4.69, 9.17) is 4.42 Å². The highest BCUT2D eigenvalue weighted by Crippen LogP contribution is 2.27. The van der Waals surface area contributed by atoms with E-state index in [9.17, 15) is 9.59 Å². The SMILES string of the molecule is C=CCNC(=O)CN1CCN(C(=O)/C=C/c2c(CC)oc3ccccc23)CC1. The maximum absolute atomic E-state index is 12.6. The molecule has 6 heteroatoms. The number of nitrogens with zero attached hydrogens (tertiary/aromatic N) is 2. The molecule has 1 aliphatic heterocycles. The van der Waals surface area contributed by atoms with Crippen molar-refractivity contribution < 1.29 is 14.0 Å². The number of para-hydroxylation sites is 1. The first-order valence-electron chi connectivity index (χ1n) is 9.69. The highest BCUT2D eigenvalue weighted by atomic mass is 16.3. The summed E-state index contributed by atoms with van der Waals surface area (Å²) in [6.07, 6.45) is 5.92. The number of benzene rings is 1. The van der Waals surface area contributed by atoms with Gasteiger partial charge in [0.2, 0.25) is 11.8 Å². The first-order valence-corrected chi connectivity index (χ1v) is 9.69. The molecule has 2 amide bonds. The van der Waals surface area contributed by atoms with Crippen molar-refractivity contribution in [2.24, 2.45) is 0 Å². The van der Waals surface area contributed by atoms with Crippen molar-refractivity contribution in [1.29, 1.82) is 0 Å². The van der Waals surface area contributed by atoms with Gasteiger partial charge in [0.1, 0.15) is 11.3 Å². The van der Waals surface area contributed by atoms with Gasteiger partial charge in [0.15, 0.2) is 0 Å². The van der Waals surface area contributed by atoms with Gasteiger partial charge in [-0.3, -0.25) is 14.5 Å². The molecular formula is C22H27N3O3. The molecule has 1 N–H and O–H groups in total. The lowest BCUT2D eigenvalue weighted by molar-refractivity contribution is -0.128. The van der Waals surface area contributed by atoms with E-state index >= 15 is 0 Å². The van der Waals surface area contributed by atoms with Gasteiger partial charge in [-0.1, -0.05) is 31.2 Å². The Morgan fingerprint density at radius 1 is 1.21 bits per heavy atom. The smallest absolute Gasteiger partial charge is 0.246 e. The van der Waals surface area contributed by atoms with Crippen molar-refractivity contribution in [3.8, 4) is 0 Å². The summed E-state index contributed by atoms with van der Waals surface area (Å²) >= 11 is 0. The average molecular weight is 381 g/mol. The summed E-state index contributed by atoms with van der Waals surface area (Å²) in [5.41, 5.74) is 1.82. The zero-order valence-corrected chi connectivity index (χ0v) is 16.3. The van der Waals surface area contributed by atoms with Gasteiger partial charge in [0, 0.05) is 56.2 Å². The highest BCUT2D eigenvalue weighted by molar-refractivity contribution is 5.96. The number of nitrogens with one attached hydrogen (secondary N) is 1. The maximum Gasteiger partial charge on any atom is 0.246 e. The van der Waals surface area contributed by atoms with Crippen molar-refractivity contribution in [2.45, 2.75) is 13.3 Å². The van der Waals surface area contributed by atoms with Gasteiger partial charge in [-0.2, -0.15) is 0 Å². The molecule has 2 heterocycles. The van der Waals surface area contributed by atoms with Gasteiger partial charge >= 0.3 is 0 Å². The van der Waals surface area contributed by atoms with E-state index in [-0.39, 0.29) is 11.8 Å². The van der Waals surface area contributed by atoms with Gasteiger partial charge < -0.3 is 14.6 Å². The number of furan rings is 1. The monoisotopic (exact) mass is 381 g/mol. The van der Waals surface area contributed by atoms with Crippen LogP contribution >= 0.6 is 0 Å². The summed E-state index contributed by atoms with van der Waals surface area (Å²) in [4.78, 5) is 28.3. The summed E-state index contributed by atoms with van der Waals surface area (Å²) in [6, 6.07) is 7.87. The van der Waals surface area contributed by atoms with E-state index in [1.807, 2.05) is 42.2 Å². The van der Waals surface area contributed by atoms with Gasteiger partial charge in [-0.05, 0) is 12.1 Å². The standard InChI is InChI=1S/C22H27N3O3/c1-3-11-23-21(26)16-24-12-14-25(15-13-24)22(27)10-9-18-17-7-5-6-8-20(17)28-19(18)4-2/h3,5-10H,1,4,11-16H2,2H3,(H,23,26)/b10-9+. The van der Waals surface area contributed by atoms with Crippen molar-refractivity contribution >= 4 is 28.9 Å². The third-order valence-corrected chi connectivity index (χ3v) is 4.92. The maximum atomic E-state index is 12.6. The average Bonchev–Trinajstić information content (AvgIpc) is 3.08. The van der Waals surface area contributed by atoms with Crippen LogP contribution in [0.2, 0.25) is 0 Å². The molecular weight excluding hydrogens is 354 g/mol. The number of hydrogen-bond acceptors (Lipinski definition) is 4. The molecule has 0 saturated carbocycles. The van der Waals surface area contributed by atoms with Crippen LogP contribution in [0.1, 0.15) is 18.2 Å². The number of carbonyl (C=O) groups excluding carboxylic acids is 2. The Balaban J connectivity index is 1.58. The third kappa shape index (κ3) is 4.70. The van der Waals surface area contributed by atoms with E-state index in [1.54, 1.807) is 12.2 Å². The quantitative estimate of drug-likeness (QED) is 0.591. The van der Waals surface area contributed by atoms with Crippen LogP contribution in [0.15, 0.2) is 47.4 Å². The summed E-state index contributed by atoms with van der Waals surface area (Å²) in [7, 11) is 0. The molecule has 1 aliphatic rings. The largest absolute Gasteiger partial charge is 0.460 e. The van der Waals surface area contributed by atoms with Crippen LogP contribution in [0.25, 0.3) is 17.0 Å². The van der Waals surface area contributed by atoms with Crippen molar-refractivity contribution in [3.05, 3.63) is 54.3 Å². The van der Waals surface area contributed by atoms with Crippen LogP contribution in [-0.2, 0) is 16.0 Å². The van der Waals surface area contributed by atoms with Gasteiger partial charge in [0.05, 0.1) is 6.54 Å². The first-order chi connectivity index (χ1) is 13.6. The number of aryl methyl sites for hydroxylation is 1. The van der Waals surface area contributed by atoms with Gasteiger partial charge in [-0.15, -0.1) is 6.58 Å². The van der Waals surface area contributed by atoms with Crippen molar-refractivity contribution in [2.75, 3.05) is 39.3 Å². The Morgan fingerprint density at radius 2 is 1.96 bits per heavy atom. The first kappa shape index (κ1) is 19.9. The van der Waals surface area contributed by atoms with Crippen molar-refractivity contribution in [1.82, 2.24) is 15.1 Å². The van der Waals surface area contributed by atoms with E-state index < -0.39 is 0 Å². The minimum absolute atomic E-state index is 0.0110. The lowest BCUT2D eigenvalue weighted by atomic mass is 10.1. The Hall–Kier alpha value is -2.86. The molecule has 1 aromatic carbocycles. The Labute approximate surface area is 165 Å². The number of piperazine rings is 1. The predicted molar refractivity (Wildman–Crippen MR) is 111 cm³/mol. The molecule has 0 unspecified atom stereocenters. The highest BCUT2D eigenvalue weighted by Gasteiger charge is 2.21. The molecule has 148 valence electrons. The lowest BCUT2D eigenvalue weighted by Gasteiger charge is -2.33. The molecule has 0 atom stereocenters. The molecule has 1 saturated heterocycles. The van der Waals surface area contributed by atoms with Crippen LogP contribution in [0, 0.1) is 0 Å². The van der Waals surface area contributed by atoms with E-state index in [0.29, 0.717) is 39.3 Å². The fourth-order valence-corrected chi connectivity index (χ4v) is 3.39. The number of carbonyl (C=O) groups is 2. The molecule has 0 spiro atoms. The lowest BCUT2D eigenvalue weighted by Crippen LogP contribution is -2.50. The molecule has 1 aromatic heterocycles. The van der Waals surface area contributed by atoms with Gasteiger partial charge in [-0.25, -0.2) is 0 Å². The fraction of sp³-hybridized carbons (Fsp3) is 0.364. The van der Waals surface area contributed by atoms with Crippen LogP contribution in [0.3, 0.4) is 0 Å². The number of hydrogen-bond donors (Lipinski definition) is 1. The molecule has 6 nitrogen and oxygen atoms in total. The molecule has 1 fully saturated rings. The third-order valence-electron chi connectivity index (χ3n) is 4.92. The zero-order chi connectivity index (χ0) is 19.9. The topological polar surface area (TPSA) is 65.8 Å². The summed E-state index contributed by atoms with van der Waals surface area (Å²) in [5.74, 6) is 0.863. The van der Waals surface area contributed by atoms with Crippen molar-refractivity contribution in [3.63, 3.8) is 0 Å². The van der Waals surface area contributed by atoms with Crippen LogP contribution in [-0.4, -0.2) is 60.9 Å². The number of fused-ring (bicyclic) bond motifs is 1. The normalized spacial score (nSPS) is 15.2. The Kier molecular flexibility index (Phi) is 6.66. The minimum atomic E-state index is -0.0153. The van der Waals surface area contributed by atoms with E-state index in [0.717, 1.165) is 28.7 Å². The molecule has 0 bridgehead atoms. The Bertz CT molecular complexity index is 876. The van der Waals surface area contributed by atoms with Crippen LogP contribution in [0.5, 0.6) is 0 Å².